The van der Waals surface area contributed by atoms with Crippen LogP contribution in [0.15, 0.2) is 43.0 Å². The van der Waals surface area contributed by atoms with Gasteiger partial charge >= 0.3 is 0 Å². The SMILES string of the molecule is Cc1cccc([C@H](Cc2ccn(CF)n2)c2cnc[nH]2)c1C. The minimum absolute atomic E-state index is 0.130. The Balaban J connectivity index is 1.99. The molecule has 4 nitrogen and oxygen atoms in total. The van der Waals surface area contributed by atoms with Crippen LogP contribution in [0.5, 0.6) is 0 Å². The number of benzene rings is 1. The number of aromatic amines is 1. The molecule has 5 heteroatoms. The normalized spacial score (nSPS) is 12.5. The lowest BCUT2D eigenvalue weighted by atomic mass is 9.87. The van der Waals surface area contributed by atoms with Crippen LogP contribution in [0.1, 0.15) is 34.0 Å². The molecule has 22 heavy (non-hydrogen) atoms. The minimum Gasteiger partial charge on any atom is -0.348 e. The van der Waals surface area contributed by atoms with E-state index in [-0.39, 0.29) is 5.92 Å². The Bertz CT molecular complexity index is 746. The summed E-state index contributed by atoms with van der Waals surface area (Å²) in [5, 5.41) is 4.26. The molecule has 3 aromatic rings. The van der Waals surface area contributed by atoms with Crippen molar-refractivity contribution in [2.24, 2.45) is 0 Å². The number of nitrogens with zero attached hydrogens (tertiary/aromatic N) is 3. The van der Waals surface area contributed by atoms with Gasteiger partial charge in [0.15, 0.2) is 6.80 Å². The number of aromatic nitrogens is 4. The van der Waals surface area contributed by atoms with Gasteiger partial charge in [-0.2, -0.15) is 5.10 Å². The Labute approximate surface area is 129 Å². The Morgan fingerprint density at radius 3 is 2.82 bits per heavy atom. The van der Waals surface area contributed by atoms with Gasteiger partial charge < -0.3 is 4.98 Å². The molecule has 114 valence electrons. The van der Waals surface area contributed by atoms with Crippen LogP contribution in [0.4, 0.5) is 4.39 Å². The lowest BCUT2D eigenvalue weighted by Crippen LogP contribution is -2.09. The fourth-order valence-electron chi connectivity index (χ4n) is 2.78. The third kappa shape index (κ3) is 2.79. The summed E-state index contributed by atoms with van der Waals surface area (Å²) >= 11 is 0. The summed E-state index contributed by atoms with van der Waals surface area (Å²) in [7, 11) is 0. The predicted octanol–water partition coefficient (Wildman–Crippen LogP) is 3.52. The zero-order valence-electron chi connectivity index (χ0n) is 12.8. The summed E-state index contributed by atoms with van der Waals surface area (Å²) < 4.78 is 14.0. The van der Waals surface area contributed by atoms with Gasteiger partial charge in [-0.25, -0.2) is 14.1 Å². The molecule has 2 aromatic heterocycles. The van der Waals surface area contributed by atoms with E-state index in [0.29, 0.717) is 6.42 Å². The van der Waals surface area contributed by atoms with Crippen LogP contribution >= 0.6 is 0 Å². The number of nitrogens with one attached hydrogen (secondary N) is 1. The largest absolute Gasteiger partial charge is 0.348 e. The van der Waals surface area contributed by atoms with Crippen LogP contribution < -0.4 is 0 Å². The fourth-order valence-corrected chi connectivity index (χ4v) is 2.78. The van der Waals surface area contributed by atoms with Gasteiger partial charge in [0.25, 0.3) is 0 Å². The van der Waals surface area contributed by atoms with Crippen molar-refractivity contribution in [3.05, 3.63) is 71.1 Å². The van der Waals surface area contributed by atoms with Crippen LogP contribution in [0, 0.1) is 13.8 Å². The molecule has 1 N–H and O–H groups in total. The van der Waals surface area contributed by atoms with E-state index >= 15 is 0 Å². The van der Waals surface area contributed by atoms with Gasteiger partial charge in [-0.15, -0.1) is 0 Å². The van der Waals surface area contributed by atoms with E-state index in [1.807, 2.05) is 12.3 Å². The van der Waals surface area contributed by atoms with Crippen LogP contribution in [-0.4, -0.2) is 19.7 Å². The van der Waals surface area contributed by atoms with E-state index in [1.54, 1.807) is 12.5 Å². The molecule has 0 aliphatic heterocycles. The van der Waals surface area contributed by atoms with Gasteiger partial charge in [0.1, 0.15) is 0 Å². The molecule has 0 amide bonds. The lowest BCUT2D eigenvalue weighted by molar-refractivity contribution is 0.348. The van der Waals surface area contributed by atoms with Crippen LogP contribution in [-0.2, 0) is 13.2 Å². The molecule has 0 aliphatic rings. The lowest BCUT2D eigenvalue weighted by Gasteiger charge is -2.18. The smallest absolute Gasteiger partial charge is 0.181 e. The van der Waals surface area contributed by atoms with Crippen molar-refractivity contribution in [2.75, 3.05) is 0 Å². The maximum Gasteiger partial charge on any atom is 0.181 e. The Hall–Kier alpha value is -2.43. The molecule has 0 bridgehead atoms. The second kappa shape index (κ2) is 6.13. The standard InChI is InChI=1S/C17H19FN4/c1-12-4-3-5-15(13(12)2)16(17-9-19-11-20-17)8-14-6-7-22(10-18)21-14/h3-7,9,11,16H,8,10H2,1-2H3,(H,19,20)/t16-/m0/s1. The van der Waals surface area contributed by atoms with Gasteiger partial charge in [-0.1, -0.05) is 18.2 Å². The molecule has 0 spiro atoms. The minimum atomic E-state index is -0.599. The molecule has 1 aromatic carbocycles. The highest BCUT2D eigenvalue weighted by molar-refractivity contribution is 5.39. The predicted molar refractivity (Wildman–Crippen MR) is 83.4 cm³/mol. The van der Waals surface area contributed by atoms with Crippen molar-refractivity contribution in [1.82, 2.24) is 19.7 Å². The molecule has 0 aliphatic carbocycles. The molecule has 0 saturated carbocycles. The highest BCUT2D eigenvalue weighted by Gasteiger charge is 2.20. The summed E-state index contributed by atoms with van der Waals surface area (Å²) in [6, 6.07) is 8.19. The molecular weight excluding hydrogens is 279 g/mol. The Morgan fingerprint density at radius 2 is 2.14 bits per heavy atom. The number of hydrogen-bond acceptors (Lipinski definition) is 2. The Morgan fingerprint density at radius 1 is 1.27 bits per heavy atom. The van der Waals surface area contributed by atoms with Crippen LogP contribution in [0.25, 0.3) is 0 Å². The van der Waals surface area contributed by atoms with E-state index in [9.17, 15) is 4.39 Å². The molecule has 0 fully saturated rings. The average Bonchev–Trinajstić information content (AvgIpc) is 3.19. The second-order valence-corrected chi connectivity index (χ2v) is 5.52. The first-order chi connectivity index (χ1) is 10.7. The molecule has 0 saturated heterocycles. The van der Waals surface area contributed by atoms with Crippen molar-refractivity contribution in [3.63, 3.8) is 0 Å². The maximum absolute atomic E-state index is 12.7. The number of alkyl halides is 1. The number of H-pyrrole nitrogens is 1. The van der Waals surface area contributed by atoms with Crippen molar-refractivity contribution in [1.29, 1.82) is 0 Å². The van der Waals surface area contributed by atoms with Crippen molar-refractivity contribution in [3.8, 4) is 0 Å². The summed E-state index contributed by atoms with van der Waals surface area (Å²) in [5.74, 6) is 0.130. The Kier molecular flexibility index (Phi) is 4.04. The zero-order valence-corrected chi connectivity index (χ0v) is 12.8. The first-order valence-electron chi connectivity index (χ1n) is 7.31. The highest BCUT2D eigenvalue weighted by Crippen LogP contribution is 2.30. The van der Waals surface area contributed by atoms with E-state index in [4.69, 9.17) is 0 Å². The number of rotatable bonds is 5. The fraction of sp³-hybridized carbons (Fsp3) is 0.294. The van der Waals surface area contributed by atoms with Gasteiger partial charge in [-0.3, -0.25) is 0 Å². The van der Waals surface area contributed by atoms with Crippen molar-refractivity contribution < 1.29 is 4.39 Å². The summed E-state index contributed by atoms with van der Waals surface area (Å²) in [6.45, 7) is 3.65. The summed E-state index contributed by atoms with van der Waals surface area (Å²) in [5.41, 5.74) is 5.70. The first kappa shape index (κ1) is 14.5. The topological polar surface area (TPSA) is 46.5 Å². The van der Waals surface area contributed by atoms with Gasteiger partial charge in [0, 0.05) is 30.4 Å². The van der Waals surface area contributed by atoms with Gasteiger partial charge in [0.2, 0.25) is 0 Å². The molecular formula is C17H19FN4. The van der Waals surface area contributed by atoms with Crippen molar-refractivity contribution >= 4 is 0 Å². The third-order valence-electron chi connectivity index (χ3n) is 4.15. The highest BCUT2D eigenvalue weighted by atomic mass is 19.1. The van der Waals surface area contributed by atoms with Gasteiger partial charge in [-0.05, 0) is 36.6 Å². The summed E-state index contributed by atoms with van der Waals surface area (Å²) in [6.07, 6.45) is 5.91. The number of imidazole rings is 1. The molecule has 3 rings (SSSR count). The summed E-state index contributed by atoms with van der Waals surface area (Å²) in [4.78, 5) is 7.35. The number of aryl methyl sites for hydroxylation is 1. The maximum atomic E-state index is 12.7. The number of hydrogen-bond donors (Lipinski definition) is 1. The third-order valence-corrected chi connectivity index (χ3v) is 4.15. The molecule has 2 heterocycles. The first-order valence-corrected chi connectivity index (χ1v) is 7.31. The van der Waals surface area contributed by atoms with E-state index in [1.165, 1.54) is 21.4 Å². The van der Waals surface area contributed by atoms with E-state index in [2.05, 4.69) is 47.1 Å². The van der Waals surface area contributed by atoms with E-state index < -0.39 is 6.80 Å². The van der Waals surface area contributed by atoms with Crippen LogP contribution in [0.3, 0.4) is 0 Å². The van der Waals surface area contributed by atoms with Crippen LogP contribution in [0.2, 0.25) is 0 Å². The van der Waals surface area contributed by atoms with Gasteiger partial charge in [0.05, 0.1) is 12.0 Å². The van der Waals surface area contributed by atoms with Crippen molar-refractivity contribution in [2.45, 2.75) is 33.0 Å². The molecule has 0 unspecified atom stereocenters. The van der Waals surface area contributed by atoms with E-state index in [0.717, 1.165) is 11.4 Å². The molecule has 0 radical (unpaired) electrons. The average molecular weight is 298 g/mol. The monoisotopic (exact) mass is 298 g/mol. The molecule has 1 atom stereocenters. The quantitative estimate of drug-likeness (QED) is 0.783. The second-order valence-electron chi connectivity index (χ2n) is 5.52. The zero-order chi connectivity index (χ0) is 15.5. The number of halogens is 1.